The predicted molar refractivity (Wildman–Crippen MR) is 85.0 cm³/mol. The molecule has 0 spiro atoms. The SMILES string of the molecule is CC1Oc2ccc(C(O)CN3CCCCCC3)cc2NC1=O. The summed E-state index contributed by atoms with van der Waals surface area (Å²) in [5.41, 5.74) is 1.47. The molecule has 2 heterocycles. The standard InChI is InChI=1S/C17H24N2O3/c1-12-17(21)18-14-10-13(6-7-16(14)22-12)15(20)11-19-8-4-2-3-5-9-19/h6-7,10,12,15,20H,2-5,8-9,11H2,1H3,(H,18,21). The van der Waals surface area contributed by atoms with Gasteiger partial charge in [0.15, 0.2) is 6.10 Å². The highest BCUT2D eigenvalue weighted by atomic mass is 16.5. The van der Waals surface area contributed by atoms with E-state index in [1.54, 1.807) is 6.92 Å². The van der Waals surface area contributed by atoms with Crippen LogP contribution in [0.15, 0.2) is 18.2 Å². The van der Waals surface area contributed by atoms with Crippen LogP contribution in [-0.4, -0.2) is 41.7 Å². The van der Waals surface area contributed by atoms with Crippen LogP contribution in [0.25, 0.3) is 0 Å². The van der Waals surface area contributed by atoms with E-state index in [0.29, 0.717) is 18.0 Å². The number of likely N-dealkylation sites (tertiary alicyclic amines) is 1. The summed E-state index contributed by atoms with van der Waals surface area (Å²) in [4.78, 5) is 14.0. The van der Waals surface area contributed by atoms with E-state index in [9.17, 15) is 9.90 Å². The van der Waals surface area contributed by atoms with Crippen LogP contribution in [0.4, 0.5) is 5.69 Å². The fourth-order valence-corrected chi connectivity index (χ4v) is 3.10. The van der Waals surface area contributed by atoms with Crippen LogP contribution in [-0.2, 0) is 4.79 Å². The number of anilines is 1. The Hall–Kier alpha value is -1.59. The van der Waals surface area contributed by atoms with Gasteiger partial charge in [0, 0.05) is 6.54 Å². The summed E-state index contributed by atoms with van der Waals surface area (Å²) in [5.74, 6) is 0.518. The van der Waals surface area contributed by atoms with Gasteiger partial charge >= 0.3 is 0 Å². The number of ether oxygens (including phenoxy) is 1. The highest BCUT2D eigenvalue weighted by Gasteiger charge is 2.24. The zero-order valence-corrected chi connectivity index (χ0v) is 13.0. The molecule has 5 nitrogen and oxygen atoms in total. The molecule has 2 unspecified atom stereocenters. The van der Waals surface area contributed by atoms with Crippen LogP contribution in [0.5, 0.6) is 5.75 Å². The third-order valence-corrected chi connectivity index (χ3v) is 4.45. The van der Waals surface area contributed by atoms with E-state index in [1.807, 2.05) is 18.2 Å². The van der Waals surface area contributed by atoms with Gasteiger partial charge < -0.3 is 20.1 Å². The first-order chi connectivity index (χ1) is 10.6. The average Bonchev–Trinajstić information content (AvgIpc) is 2.76. The van der Waals surface area contributed by atoms with Crippen molar-refractivity contribution in [3.63, 3.8) is 0 Å². The molecule has 2 aliphatic heterocycles. The predicted octanol–water partition coefficient (Wildman–Crippen LogP) is 2.32. The first kappa shape index (κ1) is 15.3. The van der Waals surface area contributed by atoms with Crippen molar-refractivity contribution >= 4 is 11.6 Å². The van der Waals surface area contributed by atoms with Gasteiger partial charge in [0.1, 0.15) is 5.75 Å². The lowest BCUT2D eigenvalue weighted by Crippen LogP contribution is -2.34. The molecule has 2 atom stereocenters. The van der Waals surface area contributed by atoms with Crippen LogP contribution < -0.4 is 10.1 Å². The molecule has 0 saturated carbocycles. The average molecular weight is 304 g/mol. The van der Waals surface area contributed by atoms with Crippen molar-refractivity contribution < 1.29 is 14.6 Å². The molecular weight excluding hydrogens is 280 g/mol. The van der Waals surface area contributed by atoms with Crippen LogP contribution in [0.2, 0.25) is 0 Å². The van der Waals surface area contributed by atoms with Crippen LogP contribution in [0, 0.1) is 0 Å². The smallest absolute Gasteiger partial charge is 0.265 e. The number of nitrogens with one attached hydrogen (secondary N) is 1. The monoisotopic (exact) mass is 304 g/mol. The summed E-state index contributed by atoms with van der Waals surface area (Å²) in [7, 11) is 0. The second-order valence-electron chi connectivity index (χ2n) is 6.24. The van der Waals surface area contributed by atoms with E-state index in [2.05, 4.69) is 10.2 Å². The molecule has 1 saturated heterocycles. The van der Waals surface area contributed by atoms with Gasteiger partial charge in [0.25, 0.3) is 5.91 Å². The Labute approximate surface area is 131 Å². The van der Waals surface area contributed by atoms with E-state index < -0.39 is 12.2 Å². The first-order valence-electron chi connectivity index (χ1n) is 8.15. The molecular formula is C17H24N2O3. The molecule has 120 valence electrons. The van der Waals surface area contributed by atoms with E-state index in [4.69, 9.17) is 4.74 Å². The Balaban J connectivity index is 1.69. The number of rotatable bonds is 3. The van der Waals surface area contributed by atoms with Gasteiger partial charge in [0.2, 0.25) is 0 Å². The lowest BCUT2D eigenvalue weighted by atomic mass is 10.1. The van der Waals surface area contributed by atoms with E-state index in [0.717, 1.165) is 18.7 Å². The van der Waals surface area contributed by atoms with Gasteiger partial charge in [-0.3, -0.25) is 4.79 Å². The fraction of sp³-hybridized carbons (Fsp3) is 0.588. The molecule has 5 heteroatoms. The molecule has 1 aromatic carbocycles. The van der Waals surface area contributed by atoms with Crippen molar-refractivity contribution in [3.8, 4) is 5.75 Å². The van der Waals surface area contributed by atoms with Crippen molar-refractivity contribution in [2.45, 2.75) is 44.8 Å². The number of aliphatic hydroxyl groups excluding tert-OH is 1. The summed E-state index contributed by atoms with van der Waals surface area (Å²) in [6.45, 7) is 4.48. The minimum Gasteiger partial charge on any atom is -0.479 e. The summed E-state index contributed by atoms with van der Waals surface area (Å²) < 4.78 is 5.54. The van der Waals surface area contributed by atoms with E-state index >= 15 is 0 Å². The summed E-state index contributed by atoms with van der Waals surface area (Å²) in [5, 5.41) is 13.3. The number of benzene rings is 1. The maximum atomic E-state index is 11.7. The maximum absolute atomic E-state index is 11.7. The van der Waals surface area contributed by atoms with Gasteiger partial charge in [0.05, 0.1) is 11.8 Å². The Bertz CT molecular complexity index is 539. The number of hydrogen-bond donors (Lipinski definition) is 2. The van der Waals surface area contributed by atoms with Crippen molar-refractivity contribution in [1.82, 2.24) is 4.90 Å². The van der Waals surface area contributed by atoms with Crippen LogP contribution in [0.1, 0.15) is 44.3 Å². The van der Waals surface area contributed by atoms with Crippen molar-refractivity contribution in [2.75, 3.05) is 25.0 Å². The largest absolute Gasteiger partial charge is 0.479 e. The normalized spacial score (nSPS) is 23.9. The minimum absolute atomic E-state index is 0.147. The number of carbonyl (C=O) groups excluding carboxylic acids is 1. The Morgan fingerprint density at radius 2 is 2.05 bits per heavy atom. The highest BCUT2D eigenvalue weighted by molar-refractivity contribution is 5.97. The third-order valence-electron chi connectivity index (χ3n) is 4.45. The second-order valence-corrected chi connectivity index (χ2v) is 6.24. The summed E-state index contributed by atoms with van der Waals surface area (Å²) in [6, 6.07) is 5.53. The molecule has 1 fully saturated rings. The van der Waals surface area contributed by atoms with Gasteiger partial charge in [-0.05, 0) is 50.6 Å². The molecule has 1 amide bonds. The Morgan fingerprint density at radius 1 is 1.32 bits per heavy atom. The van der Waals surface area contributed by atoms with Crippen molar-refractivity contribution in [3.05, 3.63) is 23.8 Å². The minimum atomic E-state index is -0.542. The number of aliphatic hydroxyl groups is 1. The summed E-state index contributed by atoms with van der Waals surface area (Å²) >= 11 is 0. The van der Waals surface area contributed by atoms with Crippen LogP contribution >= 0.6 is 0 Å². The molecule has 2 N–H and O–H groups in total. The third kappa shape index (κ3) is 3.42. The maximum Gasteiger partial charge on any atom is 0.265 e. The van der Waals surface area contributed by atoms with Gasteiger partial charge in [-0.2, -0.15) is 0 Å². The molecule has 0 aliphatic carbocycles. The van der Waals surface area contributed by atoms with Gasteiger partial charge in [-0.15, -0.1) is 0 Å². The molecule has 22 heavy (non-hydrogen) atoms. The van der Waals surface area contributed by atoms with Crippen molar-refractivity contribution in [2.24, 2.45) is 0 Å². The number of amides is 1. The number of nitrogens with zero attached hydrogens (tertiary/aromatic N) is 1. The lowest BCUT2D eigenvalue weighted by molar-refractivity contribution is -0.122. The quantitative estimate of drug-likeness (QED) is 0.899. The Kier molecular flexibility index (Phi) is 4.64. The summed E-state index contributed by atoms with van der Waals surface area (Å²) in [6.07, 6.45) is 3.97. The highest BCUT2D eigenvalue weighted by Crippen LogP contribution is 2.32. The van der Waals surface area contributed by atoms with E-state index in [1.165, 1.54) is 25.7 Å². The second kappa shape index (κ2) is 6.67. The number of β-amino-alcohol motifs (C(OH)–C–C–N with tert-alkyl or cyclic N) is 1. The number of fused-ring (bicyclic) bond motifs is 1. The van der Waals surface area contributed by atoms with Gasteiger partial charge in [-0.25, -0.2) is 0 Å². The van der Waals surface area contributed by atoms with Gasteiger partial charge in [-0.1, -0.05) is 18.9 Å². The first-order valence-corrected chi connectivity index (χ1v) is 8.15. The molecule has 0 bridgehead atoms. The Morgan fingerprint density at radius 3 is 2.77 bits per heavy atom. The topological polar surface area (TPSA) is 61.8 Å². The van der Waals surface area contributed by atoms with Crippen LogP contribution in [0.3, 0.4) is 0 Å². The molecule has 0 aromatic heterocycles. The fourth-order valence-electron chi connectivity index (χ4n) is 3.10. The lowest BCUT2D eigenvalue weighted by Gasteiger charge is -2.26. The molecule has 1 aromatic rings. The van der Waals surface area contributed by atoms with E-state index in [-0.39, 0.29) is 5.91 Å². The zero-order valence-electron chi connectivity index (χ0n) is 13.0. The molecule has 2 aliphatic rings. The zero-order chi connectivity index (χ0) is 15.5. The number of carbonyl (C=O) groups is 1. The number of hydrogen-bond acceptors (Lipinski definition) is 4. The van der Waals surface area contributed by atoms with Crippen molar-refractivity contribution in [1.29, 1.82) is 0 Å². The molecule has 3 rings (SSSR count). The molecule has 0 radical (unpaired) electrons.